The summed E-state index contributed by atoms with van der Waals surface area (Å²) in [4.78, 5) is 9.42. The van der Waals surface area contributed by atoms with Crippen molar-refractivity contribution >= 4 is 29.9 Å². The number of hydrogen-bond acceptors (Lipinski definition) is 4. The molecule has 3 N–H and O–H groups in total. The Labute approximate surface area is 152 Å². The monoisotopic (exact) mass is 427 g/mol. The summed E-state index contributed by atoms with van der Waals surface area (Å²) in [6.45, 7) is 12.9. The minimum Gasteiger partial charge on any atom is -0.383 e. The molecule has 1 fully saturated rings. The van der Waals surface area contributed by atoms with E-state index in [4.69, 9.17) is 10.5 Å². The summed E-state index contributed by atoms with van der Waals surface area (Å²) in [5.41, 5.74) is 5.83. The maximum absolute atomic E-state index is 5.83. The van der Waals surface area contributed by atoms with Gasteiger partial charge in [0, 0.05) is 45.9 Å². The number of aliphatic imine (C=N–C) groups is 1. The Hall–Kier alpha value is -0.120. The lowest BCUT2D eigenvalue weighted by Gasteiger charge is -2.33. The van der Waals surface area contributed by atoms with E-state index in [0.29, 0.717) is 12.6 Å². The number of methoxy groups -OCH3 is 1. The highest BCUT2D eigenvalue weighted by molar-refractivity contribution is 14.0. The SMILES string of the molecule is CCN1CCN(CCCCN=C(N)NC(C)COC)CC1.I. The van der Waals surface area contributed by atoms with Crippen molar-refractivity contribution in [2.75, 3.05) is 59.5 Å². The number of piperazine rings is 1. The summed E-state index contributed by atoms with van der Waals surface area (Å²) >= 11 is 0. The van der Waals surface area contributed by atoms with Crippen LogP contribution in [-0.4, -0.2) is 81.3 Å². The second-order valence-corrected chi connectivity index (χ2v) is 5.75. The number of guanidine groups is 1. The van der Waals surface area contributed by atoms with Gasteiger partial charge in [0.1, 0.15) is 0 Å². The van der Waals surface area contributed by atoms with E-state index in [1.165, 1.54) is 45.7 Å². The number of halogens is 1. The van der Waals surface area contributed by atoms with E-state index in [1.54, 1.807) is 7.11 Å². The van der Waals surface area contributed by atoms with Crippen molar-refractivity contribution in [2.45, 2.75) is 32.7 Å². The Morgan fingerprint density at radius 3 is 2.45 bits per heavy atom. The number of nitrogens with two attached hydrogens (primary N) is 1. The zero-order valence-electron chi connectivity index (χ0n) is 14.4. The maximum atomic E-state index is 5.83. The number of ether oxygens (including phenoxy) is 1. The molecule has 0 aromatic carbocycles. The highest BCUT2D eigenvalue weighted by atomic mass is 127. The van der Waals surface area contributed by atoms with Gasteiger partial charge in [0.25, 0.3) is 0 Å². The van der Waals surface area contributed by atoms with Crippen molar-refractivity contribution in [3.05, 3.63) is 0 Å². The number of nitrogens with one attached hydrogen (secondary N) is 1. The standard InChI is InChI=1S/C15H33N5O.HI/c1-4-19-9-11-20(12-10-19)8-6-5-7-17-15(16)18-14(2)13-21-3;/h14H,4-13H2,1-3H3,(H3,16,17,18);1H. The highest BCUT2D eigenvalue weighted by Crippen LogP contribution is 2.03. The molecule has 1 aliphatic heterocycles. The van der Waals surface area contributed by atoms with Gasteiger partial charge in [-0.2, -0.15) is 0 Å². The van der Waals surface area contributed by atoms with Crippen LogP contribution in [0.4, 0.5) is 0 Å². The first-order valence-electron chi connectivity index (χ1n) is 8.15. The van der Waals surface area contributed by atoms with Crippen molar-refractivity contribution in [2.24, 2.45) is 10.7 Å². The number of unbranched alkanes of at least 4 members (excludes halogenated alkanes) is 1. The molecule has 0 spiro atoms. The molecule has 0 saturated carbocycles. The lowest BCUT2D eigenvalue weighted by molar-refractivity contribution is 0.136. The normalized spacial score (nSPS) is 18.8. The van der Waals surface area contributed by atoms with Crippen molar-refractivity contribution in [1.29, 1.82) is 0 Å². The zero-order valence-corrected chi connectivity index (χ0v) is 16.7. The molecule has 1 aliphatic rings. The molecule has 1 heterocycles. The third-order valence-corrected chi connectivity index (χ3v) is 3.89. The predicted octanol–water partition coefficient (Wildman–Crippen LogP) is 0.961. The van der Waals surface area contributed by atoms with E-state index in [2.05, 4.69) is 27.0 Å². The Morgan fingerprint density at radius 1 is 1.23 bits per heavy atom. The third kappa shape index (κ3) is 9.81. The molecular weight excluding hydrogens is 393 g/mol. The summed E-state index contributed by atoms with van der Waals surface area (Å²) in [7, 11) is 1.69. The van der Waals surface area contributed by atoms with Gasteiger partial charge in [0.15, 0.2) is 5.96 Å². The summed E-state index contributed by atoms with van der Waals surface area (Å²) in [6, 6.07) is 0.202. The van der Waals surface area contributed by atoms with Gasteiger partial charge in [0.2, 0.25) is 0 Å². The van der Waals surface area contributed by atoms with Crippen LogP contribution in [-0.2, 0) is 4.74 Å². The first-order valence-corrected chi connectivity index (χ1v) is 8.15. The van der Waals surface area contributed by atoms with Gasteiger partial charge in [-0.3, -0.25) is 4.99 Å². The highest BCUT2D eigenvalue weighted by Gasteiger charge is 2.14. The Balaban J connectivity index is 0.00000441. The second kappa shape index (κ2) is 13.3. The first-order chi connectivity index (χ1) is 10.2. The van der Waals surface area contributed by atoms with Crippen LogP contribution in [0.1, 0.15) is 26.7 Å². The minimum absolute atomic E-state index is 0. The molecule has 7 heteroatoms. The molecule has 0 aromatic heterocycles. The topological polar surface area (TPSA) is 66.1 Å². The van der Waals surface area contributed by atoms with E-state index in [1.807, 2.05) is 6.92 Å². The quantitative estimate of drug-likeness (QED) is 0.248. The molecule has 1 saturated heterocycles. The Bertz CT molecular complexity index is 296. The fourth-order valence-corrected chi connectivity index (χ4v) is 2.57. The molecule has 6 nitrogen and oxygen atoms in total. The molecule has 22 heavy (non-hydrogen) atoms. The summed E-state index contributed by atoms with van der Waals surface area (Å²) in [5.74, 6) is 0.524. The molecule has 0 aliphatic carbocycles. The number of likely N-dealkylation sites (N-methyl/N-ethyl adjacent to an activating group) is 1. The number of hydrogen-bond donors (Lipinski definition) is 2. The zero-order chi connectivity index (χ0) is 15.5. The van der Waals surface area contributed by atoms with Crippen molar-refractivity contribution in [3.8, 4) is 0 Å². The Kier molecular flexibility index (Phi) is 13.3. The van der Waals surface area contributed by atoms with Gasteiger partial charge in [-0.1, -0.05) is 6.92 Å². The molecule has 1 unspecified atom stereocenters. The molecular formula is C15H34IN5O. The van der Waals surface area contributed by atoms with E-state index in [-0.39, 0.29) is 30.0 Å². The van der Waals surface area contributed by atoms with Crippen molar-refractivity contribution in [1.82, 2.24) is 15.1 Å². The van der Waals surface area contributed by atoms with E-state index < -0.39 is 0 Å². The van der Waals surface area contributed by atoms with Crippen LogP contribution in [0, 0.1) is 0 Å². The fraction of sp³-hybridized carbons (Fsp3) is 0.933. The summed E-state index contributed by atoms with van der Waals surface area (Å²) in [6.07, 6.45) is 2.28. The van der Waals surface area contributed by atoms with Gasteiger partial charge < -0.3 is 25.6 Å². The lowest BCUT2D eigenvalue weighted by atomic mass is 10.2. The second-order valence-electron chi connectivity index (χ2n) is 5.75. The van der Waals surface area contributed by atoms with Crippen LogP contribution in [0.25, 0.3) is 0 Å². The molecule has 0 aromatic rings. The van der Waals surface area contributed by atoms with Crippen LogP contribution in [0.15, 0.2) is 4.99 Å². The lowest BCUT2D eigenvalue weighted by Crippen LogP contribution is -2.46. The molecule has 0 radical (unpaired) electrons. The Morgan fingerprint density at radius 2 is 1.86 bits per heavy atom. The van der Waals surface area contributed by atoms with Gasteiger partial charge in [-0.25, -0.2) is 0 Å². The minimum atomic E-state index is 0. The third-order valence-electron chi connectivity index (χ3n) is 3.89. The van der Waals surface area contributed by atoms with E-state index >= 15 is 0 Å². The van der Waals surface area contributed by atoms with Gasteiger partial charge in [-0.15, -0.1) is 24.0 Å². The predicted molar refractivity (Wildman–Crippen MR) is 104 cm³/mol. The van der Waals surface area contributed by atoms with E-state index in [0.717, 1.165) is 13.0 Å². The van der Waals surface area contributed by atoms with E-state index in [9.17, 15) is 0 Å². The van der Waals surface area contributed by atoms with Gasteiger partial charge in [0.05, 0.1) is 6.61 Å². The van der Waals surface area contributed by atoms with Crippen LogP contribution >= 0.6 is 24.0 Å². The smallest absolute Gasteiger partial charge is 0.188 e. The van der Waals surface area contributed by atoms with Crippen molar-refractivity contribution < 1.29 is 4.74 Å². The van der Waals surface area contributed by atoms with Crippen LogP contribution in [0.5, 0.6) is 0 Å². The largest absolute Gasteiger partial charge is 0.383 e. The number of nitrogens with zero attached hydrogens (tertiary/aromatic N) is 3. The maximum Gasteiger partial charge on any atom is 0.188 e. The molecule has 0 amide bonds. The summed E-state index contributed by atoms with van der Waals surface area (Å²) in [5, 5.41) is 3.12. The van der Waals surface area contributed by atoms with Crippen LogP contribution in [0.3, 0.4) is 0 Å². The molecule has 1 atom stereocenters. The van der Waals surface area contributed by atoms with Crippen LogP contribution in [0.2, 0.25) is 0 Å². The first kappa shape index (κ1) is 21.9. The molecule has 1 rings (SSSR count). The summed E-state index contributed by atoms with van der Waals surface area (Å²) < 4.78 is 5.05. The van der Waals surface area contributed by atoms with Gasteiger partial charge in [-0.05, 0) is 32.9 Å². The molecule has 0 bridgehead atoms. The average molecular weight is 427 g/mol. The number of rotatable bonds is 9. The van der Waals surface area contributed by atoms with Crippen LogP contribution < -0.4 is 11.1 Å². The molecule has 132 valence electrons. The van der Waals surface area contributed by atoms with Crippen molar-refractivity contribution in [3.63, 3.8) is 0 Å². The van der Waals surface area contributed by atoms with Gasteiger partial charge >= 0.3 is 0 Å². The fourth-order valence-electron chi connectivity index (χ4n) is 2.57. The average Bonchev–Trinajstić information content (AvgIpc) is 2.47.